The van der Waals surface area contributed by atoms with Crippen LogP contribution in [0.2, 0.25) is 0 Å². The van der Waals surface area contributed by atoms with Crippen molar-refractivity contribution >= 4 is 31.9 Å². The Morgan fingerprint density at radius 3 is 1.06 bits per heavy atom. The summed E-state index contributed by atoms with van der Waals surface area (Å²) in [7, 11) is 0. The number of halogens is 2. The number of aliphatic hydroxyl groups is 2. The van der Waals surface area contributed by atoms with Crippen molar-refractivity contribution in [2.45, 2.75) is 11.2 Å². The van der Waals surface area contributed by atoms with E-state index in [1.807, 2.05) is 72.8 Å². The van der Waals surface area contributed by atoms with Crippen LogP contribution >= 0.6 is 31.9 Å². The first-order valence-electron chi connectivity index (χ1n) is 10.6. The lowest BCUT2D eigenvalue weighted by Gasteiger charge is -2.39. The molecule has 0 amide bonds. The number of rotatable bonds is 0. The lowest BCUT2D eigenvalue weighted by molar-refractivity contribution is 0.0944. The van der Waals surface area contributed by atoms with E-state index in [0.717, 1.165) is 20.1 Å². The molecule has 5 rings (SSSR count). The summed E-state index contributed by atoms with van der Waals surface area (Å²) in [6.07, 6.45) is 0. The minimum atomic E-state index is -1.61. The Kier molecular flexibility index (Phi) is 5.94. The molecule has 4 aromatic rings. The Morgan fingerprint density at radius 1 is 0.471 bits per heavy atom. The smallest absolute Gasteiger partial charge is 0.178 e. The van der Waals surface area contributed by atoms with Gasteiger partial charge in [0.05, 0.1) is 0 Å². The number of benzene rings is 4. The summed E-state index contributed by atoms with van der Waals surface area (Å²) in [6.45, 7) is 0. The lowest BCUT2D eigenvalue weighted by Crippen LogP contribution is -2.41. The molecule has 1 aliphatic rings. The highest BCUT2D eigenvalue weighted by molar-refractivity contribution is 9.10. The lowest BCUT2D eigenvalue weighted by atomic mass is 9.68. The molecule has 0 spiro atoms. The second-order valence-electron chi connectivity index (χ2n) is 8.03. The minimum Gasteiger partial charge on any atom is -0.369 e. The highest BCUT2D eigenvalue weighted by atomic mass is 79.9. The quantitative estimate of drug-likeness (QED) is 0.251. The molecule has 0 heterocycles. The standard InChI is InChI=1S/C30H18Br2O2/c31-23-13-9-21(10-14-23)17-19-29(33)25-5-1-2-6-26(25)30(34,28-8-4-3-7-27(28)29)20-18-22-11-15-24(32)16-12-22/h1-16,33-34H. The first-order valence-corrected chi connectivity index (χ1v) is 12.2. The zero-order chi connectivity index (χ0) is 23.8. The molecule has 0 fully saturated rings. The Balaban J connectivity index is 1.70. The van der Waals surface area contributed by atoms with E-state index in [1.54, 1.807) is 24.3 Å². The molecule has 164 valence electrons. The fourth-order valence-electron chi connectivity index (χ4n) is 4.18. The van der Waals surface area contributed by atoms with Crippen LogP contribution in [0, 0.1) is 23.7 Å². The van der Waals surface area contributed by atoms with Crippen LogP contribution in [0.25, 0.3) is 0 Å². The van der Waals surface area contributed by atoms with Crippen LogP contribution in [0.3, 0.4) is 0 Å². The van der Waals surface area contributed by atoms with Gasteiger partial charge in [-0.2, -0.15) is 0 Å². The zero-order valence-corrected chi connectivity index (χ0v) is 21.1. The Labute approximate surface area is 215 Å². The Hall–Kier alpha value is -3.12. The van der Waals surface area contributed by atoms with Crippen molar-refractivity contribution in [2.24, 2.45) is 0 Å². The van der Waals surface area contributed by atoms with Crippen LogP contribution in [-0.2, 0) is 11.2 Å². The molecule has 0 radical (unpaired) electrons. The monoisotopic (exact) mass is 568 g/mol. The predicted octanol–water partition coefficient (Wildman–Crippen LogP) is 6.10. The van der Waals surface area contributed by atoms with Crippen molar-refractivity contribution in [2.75, 3.05) is 0 Å². The molecule has 2 N–H and O–H groups in total. The summed E-state index contributed by atoms with van der Waals surface area (Å²) >= 11 is 6.87. The van der Waals surface area contributed by atoms with Crippen LogP contribution in [0.4, 0.5) is 0 Å². The molecule has 4 aromatic carbocycles. The van der Waals surface area contributed by atoms with Crippen molar-refractivity contribution in [1.29, 1.82) is 0 Å². The van der Waals surface area contributed by atoms with E-state index in [1.165, 1.54) is 0 Å². The van der Waals surface area contributed by atoms with Gasteiger partial charge in [-0.05, 0) is 48.5 Å². The molecule has 0 atom stereocenters. The zero-order valence-electron chi connectivity index (χ0n) is 17.9. The van der Waals surface area contributed by atoms with Gasteiger partial charge in [-0.15, -0.1) is 0 Å². The maximum atomic E-state index is 12.0. The molecule has 0 bridgehead atoms. The van der Waals surface area contributed by atoms with E-state index in [0.29, 0.717) is 22.3 Å². The van der Waals surface area contributed by atoms with Gasteiger partial charge in [0.2, 0.25) is 0 Å². The molecule has 0 saturated heterocycles. The number of fused-ring (bicyclic) bond motifs is 2. The van der Waals surface area contributed by atoms with E-state index in [-0.39, 0.29) is 0 Å². The maximum Gasteiger partial charge on any atom is 0.178 e. The van der Waals surface area contributed by atoms with Crippen LogP contribution in [0.15, 0.2) is 106 Å². The molecule has 4 heteroatoms. The third-order valence-corrected chi connectivity index (χ3v) is 6.93. The SMILES string of the molecule is OC1(C#Cc2ccc(Br)cc2)c2ccccc2C(O)(C#Cc2ccc(Br)cc2)c2ccccc21. The van der Waals surface area contributed by atoms with Crippen LogP contribution in [0.5, 0.6) is 0 Å². The van der Waals surface area contributed by atoms with Crippen LogP contribution in [-0.4, -0.2) is 10.2 Å². The topological polar surface area (TPSA) is 40.5 Å². The van der Waals surface area contributed by atoms with E-state index in [2.05, 4.69) is 55.5 Å². The number of hydrogen-bond donors (Lipinski definition) is 2. The third-order valence-electron chi connectivity index (χ3n) is 5.88. The Bertz CT molecular complexity index is 1330. The minimum absolute atomic E-state index is 0.519. The predicted molar refractivity (Wildman–Crippen MR) is 141 cm³/mol. The molecule has 0 unspecified atom stereocenters. The summed E-state index contributed by atoms with van der Waals surface area (Å²) in [5.74, 6) is 12.4. The van der Waals surface area contributed by atoms with Gasteiger partial charge in [0.25, 0.3) is 0 Å². The van der Waals surface area contributed by atoms with Gasteiger partial charge in [0.1, 0.15) is 0 Å². The highest BCUT2D eigenvalue weighted by Crippen LogP contribution is 2.47. The maximum absolute atomic E-state index is 12.0. The van der Waals surface area contributed by atoms with Gasteiger partial charge in [-0.3, -0.25) is 0 Å². The van der Waals surface area contributed by atoms with Gasteiger partial charge in [-0.25, -0.2) is 0 Å². The van der Waals surface area contributed by atoms with Crippen molar-refractivity contribution in [3.63, 3.8) is 0 Å². The van der Waals surface area contributed by atoms with E-state index in [9.17, 15) is 10.2 Å². The van der Waals surface area contributed by atoms with Gasteiger partial charge in [0, 0.05) is 42.3 Å². The molecule has 2 nitrogen and oxygen atoms in total. The molecular weight excluding hydrogens is 552 g/mol. The highest BCUT2D eigenvalue weighted by Gasteiger charge is 2.48. The van der Waals surface area contributed by atoms with Crippen molar-refractivity contribution in [3.05, 3.63) is 139 Å². The van der Waals surface area contributed by atoms with E-state index in [4.69, 9.17) is 0 Å². The molecule has 0 aliphatic heterocycles. The van der Waals surface area contributed by atoms with Gasteiger partial charge >= 0.3 is 0 Å². The molecular formula is C30H18Br2O2. The largest absolute Gasteiger partial charge is 0.369 e. The van der Waals surface area contributed by atoms with E-state index >= 15 is 0 Å². The summed E-state index contributed by atoms with van der Waals surface area (Å²) in [5.41, 5.74) is 0.427. The fraction of sp³-hybridized carbons (Fsp3) is 0.0667. The summed E-state index contributed by atoms with van der Waals surface area (Å²) < 4.78 is 1.92. The van der Waals surface area contributed by atoms with Gasteiger partial charge in [0.15, 0.2) is 11.2 Å². The number of hydrogen-bond acceptors (Lipinski definition) is 2. The van der Waals surface area contributed by atoms with Gasteiger partial charge in [-0.1, -0.05) is 104 Å². The third kappa shape index (κ3) is 4.00. The second-order valence-corrected chi connectivity index (χ2v) is 9.86. The second kappa shape index (κ2) is 8.91. The van der Waals surface area contributed by atoms with Crippen molar-refractivity contribution in [3.8, 4) is 23.7 Å². The van der Waals surface area contributed by atoms with Gasteiger partial charge < -0.3 is 10.2 Å². The summed E-state index contributed by atoms with van der Waals surface area (Å²) in [4.78, 5) is 0. The van der Waals surface area contributed by atoms with Crippen molar-refractivity contribution < 1.29 is 10.2 Å². The van der Waals surface area contributed by atoms with Crippen LogP contribution in [0.1, 0.15) is 33.4 Å². The summed E-state index contributed by atoms with van der Waals surface area (Å²) in [6, 6.07) is 29.7. The van der Waals surface area contributed by atoms with Crippen LogP contribution < -0.4 is 0 Å². The first-order chi connectivity index (χ1) is 16.4. The Morgan fingerprint density at radius 2 is 0.765 bits per heavy atom. The molecule has 34 heavy (non-hydrogen) atoms. The first kappa shape index (κ1) is 22.7. The van der Waals surface area contributed by atoms with Crippen molar-refractivity contribution in [1.82, 2.24) is 0 Å². The summed E-state index contributed by atoms with van der Waals surface area (Å²) in [5, 5.41) is 24.0. The van der Waals surface area contributed by atoms with E-state index < -0.39 is 11.2 Å². The molecule has 0 aromatic heterocycles. The normalized spacial score (nSPS) is 20.1. The average Bonchev–Trinajstić information content (AvgIpc) is 2.87. The average molecular weight is 570 g/mol. The molecule has 1 aliphatic carbocycles. The fourth-order valence-corrected chi connectivity index (χ4v) is 4.71. The molecule has 0 saturated carbocycles.